The summed E-state index contributed by atoms with van der Waals surface area (Å²) in [6.07, 6.45) is -0.654. The lowest BCUT2D eigenvalue weighted by molar-refractivity contribution is 0.182. The second-order valence-corrected chi connectivity index (χ2v) is 3.88. The minimum absolute atomic E-state index is 0.206. The van der Waals surface area contributed by atoms with Crippen molar-refractivity contribution < 1.29 is 9.84 Å². The van der Waals surface area contributed by atoms with Crippen molar-refractivity contribution in [2.75, 3.05) is 13.7 Å². The Kier molecular flexibility index (Phi) is 4.12. The molecule has 0 saturated carbocycles. The van der Waals surface area contributed by atoms with Crippen molar-refractivity contribution in [1.82, 2.24) is 0 Å². The standard InChI is InChI=1S/C12H19NO2/c1-8(2)9-5-4-6-10(11(14)7-13)12(9)15-3/h4-6,8,11,14H,7,13H2,1-3H3. The lowest BCUT2D eigenvalue weighted by Gasteiger charge is -2.18. The second-order valence-electron chi connectivity index (χ2n) is 3.88. The van der Waals surface area contributed by atoms with Gasteiger partial charge in [-0.1, -0.05) is 32.0 Å². The average Bonchev–Trinajstić information content (AvgIpc) is 2.26. The Morgan fingerprint density at radius 3 is 2.40 bits per heavy atom. The third-order valence-electron chi connectivity index (χ3n) is 2.48. The predicted molar refractivity (Wildman–Crippen MR) is 61.1 cm³/mol. The molecular formula is C12H19NO2. The van der Waals surface area contributed by atoms with E-state index in [9.17, 15) is 5.11 Å². The molecule has 84 valence electrons. The molecule has 1 atom stereocenters. The third kappa shape index (κ3) is 2.49. The molecule has 3 heteroatoms. The molecule has 0 aliphatic heterocycles. The summed E-state index contributed by atoms with van der Waals surface area (Å²) < 4.78 is 5.35. The number of benzene rings is 1. The summed E-state index contributed by atoms with van der Waals surface area (Å²) in [5.74, 6) is 1.12. The van der Waals surface area contributed by atoms with E-state index in [1.807, 2.05) is 18.2 Å². The van der Waals surface area contributed by atoms with E-state index < -0.39 is 6.10 Å². The maximum Gasteiger partial charge on any atom is 0.128 e. The largest absolute Gasteiger partial charge is 0.496 e. The van der Waals surface area contributed by atoms with Gasteiger partial charge in [-0.15, -0.1) is 0 Å². The summed E-state index contributed by atoms with van der Waals surface area (Å²) >= 11 is 0. The summed E-state index contributed by atoms with van der Waals surface area (Å²) in [6, 6.07) is 5.78. The Morgan fingerprint density at radius 2 is 1.93 bits per heavy atom. The van der Waals surface area contributed by atoms with Gasteiger partial charge in [0.15, 0.2) is 0 Å². The zero-order valence-corrected chi connectivity index (χ0v) is 9.53. The summed E-state index contributed by atoms with van der Waals surface area (Å²) in [5.41, 5.74) is 7.32. The van der Waals surface area contributed by atoms with Crippen molar-refractivity contribution in [1.29, 1.82) is 0 Å². The van der Waals surface area contributed by atoms with Crippen molar-refractivity contribution in [3.8, 4) is 5.75 Å². The van der Waals surface area contributed by atoms with E-state index in [2.05, 4.69) is 13.8 Å². The van der Waals surface area contributed by atoms with Crippen molar-refractivity contribution in [2.45, 2.75) is 25.9 Å². The normalized spacial score (nSPS) is 12.9. The van der Waals surface area contributed by atoms with Gasteiger partial charge in [-0.3, -0.25) is 0 Å². The molecule has 3 nitrogen and oxygen atoms in total. The summed E-state index contributed by atoms with van der Waals surface area (Å²) in [7, 11) is 1.62. The van der Waals surface area contributed by atoms with Gasteiger partial charge in [-0.2, -0.15) is 0 Å². The monoisotopic (exact) mass is 209 g/mol. The third-order valence-corrected chi connectivity index (χ3v) is 2.48. The van der Waals surface area contributed by atoms with Gasteiger partial charge in [0.25, 0.3) is 0 Å². The first-order valence-electron chi connectivity index (χ1n) is 5.16. The quantitative estimate of drug-likeness (QED) is 0.795. The number of nitrogens with two attached hydrogens (primary N) is 1. The number of methoxy groups -OCH3 is 1. The van der Waals surface area contributed by atoms with E-state index in [1.54, 1.807) is 7.11 Å². The average molecular weight is 209 g/mol. The highest BCUT2D eigenvalue weighted by Gasteiger charge is 2.16. The highest BCUT2D eigenvalue weighted by Crippen LogP contribution is 2.33. The molecule has 0 fully saturated rings. The van der Waals surface area contributed by atoms with Crippen LogP contribution in [0.3, 0.4) is 0 Å². The van der Waals surface area contributed by atoms with Crippen LogP contribution in [0.15, 0.2) is 18.2 Å². The van der Waals surface area contributed by atoms with E-state index in [0.29, 0.717) is 5.92 Å². The van der Waals surface area contributed by atoms with Crippen LogP contribution in [0.2, 0.25) is 0 Å². The Balaban J connectivity index is 3.22. The maximum atomic E-state index is 9.74. The zero-order valence-electron chi connectivity index (χ0n) is 9.53. The molecule has 0 aromatic heterocycles. The van der Waals surface area contributed by atoms with Gasteiger partial charge >= 0.3 is 0 Å². The molecule has 1 unspecified atom stereocenters. The highest BCUT2D eigenvalue weighted by molar-refractivity contribution is 5.44. The molecule has 1 aromatic carbocycles. The SMILES string of the molecule is COc1c(C(C)C)cccc1C(O)CN. The minimum atomic E-state index is -0.654. The number of aliphatic hydroxyl groups is 1. The molecule has 0 spiro atoms. The summed E-state index contributed by atoms with van der Waals surface area (Å²) in [4.78, 5) is 0. The molecule has 0 aliphatic rings. The van der Waals surface area contributed by atoms with E-state index in [-0.39, 0.29) is 6.54 Å². The van der Waals surface area contributed by atoms with Gasteiger partial charge in [-0.25, -0.2) is 0 Å². The smallest absolute Gasteiger partial charge is 0.128 e. The molecule has 0 heterocycles. The Hall–Kier alpha value is -1.06. The maximum absolute atomic E-state index is 9.74. The zero-order chi connectivity index (χ0) is 11.4. The molecule has 15 heavy (non-hydrogen) atoms. The van der Waals surface area contributed by atoms with Crippen LogP contribution in [0.4, 0.5) is 0 Å². The van der Waals surface area contributed by atoms with Gasteiger partial charge in [0.1, 0.15) is 5.75 Å². The Bertz CT molecular complexity index is 323. The van der Waals surface area contributed by atoms with Gasteiger partial charge in [0.05, 0.1) is 13.2 Å². The molecule has 3 N–H and O–H groups in total. The minimum Gasteiger partial charge on any atom is -0.496 e. The first kappa shape index (κ1) is 12.0. The summed E-state index contributed by atoms with van der Waals surface area (Å²) in [5, 5.41) is 9.74. The lowest BCUT2D eigenvalue weighted by Crippen LogP contribution is -2.13. The molecule has 0 amide bonds. The van der Waals surface area contributed by atoms with Crippen molar-refractivity contribution in [3.05, 3.63) is 29.3 Å². The number of aliphatic hydroxyl groups excluding tert-OH is 1. The Labute approximate surface area is 90.9 Å². The van der Waals surface area contributed by atoms with Crippen LogP contribution in [0.1, 0.15) is 37.0 Å². The van der Waals surface area contributed by atoms with Crippen molar-refractivity contribution in [3.63, 3.8) is 0 Å². The van der Waals surface area contributed by atoms with E-state index in [1.165, 1.54) is 0 Å². The molecule has 0 saturated heterocycles. The Morgan fingerprint density at radius 1 is 1.33 bits per heavy atom. The van der Waals surface area contributed by atoms with Crippen LogP contribution in [0, 0.1) is 0 Å². The van der Waals surface area contributed by atoms with Gasteiger partial charge in [-0.05, 0) is 11.5 Å². The van der Waals surface area contributed by atoms with Crippen molar-refractivity contribution in [2.24, 2.45) is 5.73 Å². The van der Waals surface area contributed by atoms with Crippen LogP contribution in [0.25, 0.3) is 0 Å². The molecule has 0 aliphatic carbocycles. The number of rotatable bonds is 4. The van der Waals surface area contributed by atoms with Crippen LogP contribution in [-0.4, -0.2) is 18.8 Å². The first-order chi connectivity index (χ1) is 7.11. The van der Waals surface area contributed by atoms with Crippen LogP contribution >= 0.6 is 0 Å². The van der Waals surface area contributed by atoms with Gasteiger partial charge < -0.3 is 15.6 Å². The fourth-order valence-corrected chi connectivity index (χ4v) is 1.65. The van der Waals surface area contributed by atoms with Gasteiger partial charge in [0.2, 0.25) is 0 Å². The molecule has 1 rings (SSSR count). The molecule has 0 radical (unpaired) electrons. The van der Waals surface area contributed by atoms with E-state index in [0.717, 1.165) is 16.9 Å². The number of hydrogen-bond donors (Lipinski definition) is 2. The van der Waals surface area contributed by atoms with Crippen LogP contribution in [0.5, 0.6) is 5.75 Å². The lowest BCUT2D eigenvalue weighted by atomic mass is 9.97. The first-order valence-corrected chi connectivity index (χ1v) is 5.16. The number of ether oxygens (including phenoxy) is 1. The van der Waals surface area contributed by atoms with Gasteiger partial charge in [0, 0.05) is 12.1 Å². The fourth-order valence-electron chi connectivity index (χ4n) is 1.65. The molecule has 0 bridgehead atoms. The van der Waals surface area contributed by atoms with Crippen molar-refractivity contribution >= 4 is 0 Å². The van der Waals surface area contributed by atoms with Crippen LogP contribution in [-0.2, 0) is 0 Å². The van der Waals surface area contributed by atoms with E-state index >= 15 is 0 Å². The number of para-hydroxylation sites is 1. The van der Waals surface area contributed by atoms with Crippen LogP contribution < -0.4 is 10.5 Å². The fraction of sp³-hybridized carbons (Fsp3) is 0.500. The topological polar surface area (TPSA) is 55.5 Å². The molecular weight excluding hydrogens is 190 g/mol. The summed E-state index contributed by atoms with van der Waals surface area (Å²) in [6.45, 7) is 4.39. The van der Waals surface area contributed by atoms with E-state index in [4.69, 9.17) is 10.5 Å². The molecule has 1 aromatic rings. The predicted octanol–water partition coefficient (Wildman–Crippen LogP) is 1.81. The number of hydrogen-bond acceptors (Lipinski definition) is 3. The second kappa shape index (κ2) is 5.14. The highest BCUT2D eigenvalue weighted by atomic mass is 16.5.